The summed E-state index contributed by atoms with van der Waals surface area (Å²) in [6.07, 6.45) is 2.64. The molecular formula is C13H14N4O. The molecule has 0 amide bonds. The Hall–Kier alpha value is -2.22. The number of rotatable bonds is 1. The molecule has 0 fully saturated rings. The second-order valence-corrected chi connectivity index (χ2v) is 4.45. The molecule has 0 saturated carbocycles. The fraction of sp³-hybridized carbons (Fsp3) is 0.385. The Balaban J connectivity index is 2.01. The topological polar surface area (TPSA) is 69.4 Å². The molecule has 0 aromatic heterocycles. The zero-order valence-corrected chi connectivity index (χ0v) is 10.1. The summed E-state index contributed by atoms with van der Waals surface area (Å²) in [5.41, 5.74) is 1.13. The molecule has 2 N–H and O–H groups in total. The highest BCUT2D eigenvalue weighted by molar-refractivity contribution is 5.82. The molecule has 2 bridgehead atoms. The molecule has 1 aromatic carbocycles. The van der Waals surface area contributed by atoms with Gasteiger partial charge in [-0.25, -0.2) is 4.99 Å². The van der Waals surface area contributed by atoms with E-state index < -0.39 is 0 Å². The van der Waals surface area contributed by atoms with Crippen molar-refractivity contribution in [2.75, 3.05) is 0 Å². The fourth-order valence-corrected chi connectivity index (χ4v) is 2.63. The van der Waals surface area contributed by atoms with Crippen molar-refractivity contribution in [3.8, 4) is 11.9 Å². The first-order valence-corrected chi connectivity index (χ1v) is 6.08. The minimum Gasteiger partial charge on any atom is -0.468 e. The van der Waals surface area contributed by atoms with Crippen molar-refractivity contribution in [2.24, 2.45) is 10.9 Å². The number of nitrogens with one attached hydrogen (secondary N) is 2. The Morgan fingerprint density at radius 3 is 3.11 bits per heavy atom. The number of aliphatic imine (C=N–C) groups is 1. The summed E-state index contributed by atoms with van der Waals surface area (Å²) < 4.78 is 5.91. The molecule has 0 aliphatic carbocycles. The van der Waals surface area contributed by atoms with Crippen LogP contribution in [0.4, 0.5) is 0 Å². The van der Waals surface area contributed by atoms with Gasteiger partial charge in [0.05, 0.1) is 6.04 Å². The predicted octanol–water partition coefficient (Wildman–Crippen LogP) is 1.50. The lowest BCUT2D eigenvalue weighted by Crippen LogP contribution is -2.51. The lowest BCUT2D eigenvalue weighted by Gasteiger charge is -2.41. The van der Waals surface area contributed by atoms with Crippen LogP contribution in [0.25, 0.3) is 0 Å². The number of hydrogen-bond donors (Lipinski definition) is 2. The molecular weight excluding hydrogens is 228 g/mol. The van der Waals surface area contributed by atoms with E-state index in [-0.39, 0.29) is 12.3 Å². The van der Waals surface area contributed by atoms with Gasteiger partial charge in [0, 0.05) is 11.5 Å². The monoisotopic (exact) mass is 242 g/mol. The highest BCUT2D eigenvalue weighted by atomic mass is 16.5. The summed E-state index contributed by atoms with van der Waals surface area (Å²) in [6, 6.07) is 8.12. The molecule has 0 saturated heterocycles. The van der Waals surface area contributed by atoms with Crippen LogP contribution in [0, 0.1) is 17.4 Å². The van der Waals surface area contributed by atoms with Crippen LogP contribution in [0.3, 0.4) is 0 Å². The molecule has 0 radical (unpaired) electrons. The number of para-hydroxylation sites is 1. The molecule has 3 unspecified atom stereocenters. The van der Waals surface area contributed by atoms with Gasteiger partial charge < -0.3 is 10.1 Å². The first-order chi connectivity index (χ1) is 8.83. The first-order valence-electron chi connectivity index (χ1n) is 6.08. The van der Waals surface area contributed by atoms with Crippen LogP contribution in [0.15, 0.2) is 29.3 Å². The molecule has 0 spiro atoms. The summed E-state index contributed by atoms with van der Waals surface area (Å²) in [6.45, 7) is 2.13. The van der Waals surface area contributed by atoms with Crippen LogP contribution in [0.5, 0.6) is 5.75 Å². The van der Waals surface area contributed by atoms with Gasteiger partial charge in [-0.05, 0) is 12.5 Å². The first kappa shape index (κ1) is 10.9. The van der Waals surface area contributed by atoms with Crippen molar-refractivity contribution in [3.63, 3.8) is 0 Å². The minimum absolute atomic E-state index is 0.151. The molecule has 2 heterocycles. The van der Waals surface area contributed by atoms with E-state index in [4.69, 9.17) is 10.00 Å². The lowest BCUT2D eigenvalue weighted by molar-refractivity contribution is 0.0810. The number of benzene rings is 1. The molecule has 2 aliphatic heterocycles. The van der Waals surface area contributed by atoms with Crippen LogP contribution in [0.1, 0.15) is 24.9 Å². The Kier molecular flexibility index (Phi) is 2.56. The lowest BCUT2D eigenvalue weighted by atomic mass is 9.86. The normalized spacial score (nSPS) is 28.0. The number of fused-ring (bicyclic) bond motifs is 4. The molecule has 1 aromatic rings. The molecule has 2 aliphatic rings. The van der Waals surface area contributed by atoms with Gasteiger partial charge in [-0.2, -0.15) is 5.26 Å². The van der Waals surface area contributed by atoms with Crippen LogP contribution in [-0.4, -0.2) is 12.2 Å². The molecule has 3 atom stereocenters. The van der Waals surface area contributed by atoms with Crippen LogP contribution < -0.4 is 15.4 Å². The Bertz CT molecular complexity index is 534. The maximum atomic E-state index is 8.68. The second-order valence-electron chi connectivity index (χ2n) is 4.45. The number of nitriles is 1. The molecule has 5 heteroatoms. The predicted molar refractivity (Wildman–Crippen MR) is 66.7 cm³/mol. The number of ether oxygens (including phenoxy) is 1. The van der Waals surface area contributed by atoms with E-state index in [1.807, 2.05) is 24.4 Å². The largest absolute Gasteiger partial charge is 0.468 e. The molecule has 3 rings (SSSR count). The number of hydrogen-bond acceptors (Lipinski definition) is 5. The standard InChI is InChI=1S/C13H14N4O/c1-2-8-11-9-5-3-4-6-10(9)18-12(8)17-13(16-11)15-7-14/h3-6,8,11-12H,2H2,1H3,(H2,15,16,17). The third-order valence-corrected chi connectivity index (χ3v) is 3.49. The molecule has 5 nitrogen and oxygen atoms in total. The van der Waals surface area contributed by atoms with Crippen molar-refractivity contribution in [3.05, 3.63) is 29.8 Å². The van der Waals surface area contributed by atoms with E-state index in [9.17, 15) is 0 Å². The van der Waals surface area contributed by atoms with Crippen LogP contribution in [-0.2, 0) is 0 Å². The highest BCUT2D eigenvalue weighted by Crippen LogP contribution is 2.41. The summed E-state index contributed by atoms with van der Waals surface area (Å²) in [4.78, 5) is 4.39. The van der Waals surface area contributed by atoms with E-state index in [1.54, 1.807) is 0 Å². The van der Waals surface area contributed by atoms with Crippen molar-refractivity contribution in [1.82, 2.24) is 10.6 Å². The quantitative estimate of drug-likeness (QED) is 0.578. The maximum absolute atomic E-state index is 8.68. The van der Waals surface area contributed by atoms with Gasteiger partial charge in [0.25, 0.3) is 0 Å². The van der Waals surface area contributed by atoms with E-state index in [2.05, 4.69) is 28.6 Å². The highest BCUT2D eigenvalue weighted by Gasteiger charge is 2.40. The van der Waals surface area contributed by atoms with E-state index >= 15 is 0 Å². The zero-order valence-electron chi connectivity index (χ0n) is 10.1. The van der Waals surface area contributed by atoms with Gasteiger partial charge in [-0.1, -0.05) is 25.1 Å². The average molecular weight is 242 g/mol. The van der Waals surface area contributed by atoms with Gasteiger partial charge in [0.1, 0.15) is 5.75 Å². The third-order valence-electron chi connectivity index (χ3n) is 3.49. The minimum atomic E-state index is -0.216. The Morgan fingerprint density at radius 2 is 2.33 bits per heavy atom. The summed E-state index contributed by atoms with van der Waals surface area (Å²) in [5.74, 6) is 1.67. The number of nitrogens with zero attached hydrogens (tertiary/aromatic N) is 2. The average Bonchev–Trinajstić information content (AvgIpc) is 2.38. The van der Waals surface area contributed by atoms with Crippen molar-refractivity contribution >= 4 is 5.96 Å². The smallest absolute Gasteiger partial charge is 0.208 e. The van der Waals surface area contributed by atoms with Crippen molar-refractivity contribution in [2.45, 2.75) is 25.6 Å². The van der Waals surface area contributed by atoms with Gasteiger partial charge in [0.2, 0.25) is 5.96 Å². The number of guanidine groups is 1. The van der Waals surface area contributed by atoms with Gasteiger partial charge in [0.15, 0.2) is 12.4 Å². The maximum Gasteiger partial charge on any atom is 0.208 e. The second kappa shape index (κ2) is 4.22. The van der Waals surface area contributed by atoms with Crippen molar-refractivity contribution < 1.29 is 4.74 Å². The van der Waals surface area contributed by atoms with Gasteiger partial charge >= 0.3 is 0 Å². The van der Waals surface area contributed by atoms with Crippen LogP contribution >= 0.6 is 0 Å². The van der Waals surface area contributed by atoms with E-state index in [0.717, 1.165) is 17.7 Å². The summed E-state index contributed by atoms with van der Waals surface area (Å²) in [5, 5.41) is 14.5. The SMILES string of the molecule is CCC1C2N=C(NC#N)NC1c1ccccc1O2. The summed E-state index contributed by atoms with van der Waals surface area (Å²) >= 11 is 0. The Morgan fingerprint density at radius 1 is 1.50 bits per heavy atom. The van der Waals surface area contributed by atoms with E-state index in [0.29, 0.717) is 11.9 Å². The summed E-state index contributed by atoms with van der Waals surface area (Å²) in [7, 11) is 0. The zero-order chi connectivity index (χ0) is 12.5. The van der Waals surface area contributed by atoms with E-state index in [1.165, 1.54) is 0 Å². The fourth-order valence-electron chi connectivity index (χ4n) is 2.63. The van der Waals surface area contributed by atoms with Gasteiger partial charge in [-0.3, -0.25) is 5.32 Å². The molecule has 18 heavy (non-hydrogen) atoms. The van der Waals surface area contributed by atoms with Crippen LogP contribution in [0.2, 0.25) is 0 Å². The van der Waals surface area contributed by atoms with Gasteiger partial charge in [-0.15, -0.1) is 0 Å². The third kappa shape index (κ3) is 1.58. The molecule has 92 valence electrons. The van der Waals surface area contributed by atoms with Crippen molar-refractivity contribution in [1.29, 1.82) is 5.26 Å². The Labute approximate surface area is 105 Å².